The lowest BCUT2D eigenvalue weighted by atomic mass is 10.1. The summed E-state index contributed by atoms with van der Waals surface area (Å²) in [6.07, 6.45) is 0.797. The number of rotatable bonds is 4. The molecular formula is C13H16N2O5. The number of amides is 1. The second kappa shape index (κ2) is 5.79. The lowest BCUT2D eigenvalue weighted by Crippen LogP contribution is -2.45. The standard InChI is InChI=1S/C13H16N2O5/c16-8-15-3-1-14(2-4-15)7-9-5-10(17)6-11(12(9)18)13(19)20/h5-6,8,17-18H,1-4,7H2,(H,19,20). The number of phenolic OH excluding ortho intramolecular Hbond substituents is 1. The smallest absolute Gasteiger partial charge is 0.339 e. The van der Waals surface area contributed by atoms with Crippen LogP contribution in [0.1, 0.15) is 15.9 Å². The van der Waals surface area contributed by atoms with E-state index in [1.165, 1.54) is 6.07 Å². The van der Waals surface area contributed by atoms with Gasteiger partial charge in [0.2, 0.25) is 6.41 Å². The van der Waals surface area contributed by atoms with Crippen LogP contribution in [0.5, 0.6) is 11.5 Å². The number of aromatic carboxylic acids is 1. The summed E-state index contributed by atoms with van der Waals surface area (Å²) in [5, 5.41) is 28.4. The van der Waals surface area contributed by atoms with Crippen LogP contribution in [0.2, 0.25) is 0 Å². The summed E-state index contributed by atoms with van der Waals surface area (Å²) in [4.78, 5) is 25.2. The Bertz CT molecular complexity index is 524. The number of piperazine rings is 1. The maximum atomic E-state index is 11.0. The first kappa shape index (κ1) is 14.1. The first-order valence-corrected chi connectivity index (χ1v) is 6.21. The van der Waals surface area contributed by atoms with Crippen molar-refractivity contribution in [1.82, 2.24) is 9.80 Å². The van der Waals surface area contributed by atoms with E-state index in [0.29, 0.717) is 38.3 Å². The van der Waals surface area contributed by atoms with Crippen LogP contribution in [0, 0.1) is 0 Å². The predicted octanol–water partition coefficient (Wildman–Crippen LogP) is 0.0700. The molecule has 2 rings (SSSR count). The molecule has 1 aliphatic rings. The van der Waals surface area contributed by atoms with Crippen molar-refractivity contribution in [2.45, 2.75) is 6.54 Å². The largest absolute Gasteiger partial charge is 0.508 e. The molecule has 0 aliphatic carbocycles. The number of carboxylic acids is 1. The van der Waals surface area contributed by atoms with Crippen LogP contribution in [0.3, 0.4) is 0 Å². The summed E-state index contributed by atoms with van der Waals surface area (Å²) in [6.45, 7) is 2.78. The zero-order valence-electron chi connectivity index (χ0n) is 10.8. The van der Waals surface area contributed by atoms with Gasteiger partial charge in [0.15, 0.2) is 0 Å². The fourth-order valence-corrected chi connectivity index (χ4v) is 2.23. The molecule has 7 nitrogen and oxygen atoms in total. The molecule has 7 heteroatoms. The minimum absolute atomic E-state index is 0.193. The number of hydrogen-bond acceptors (Lipinski definition) is 5. The average Bonchev–Trinajstić information content (AvgIpc) is 2.43. The Labute approximate surface area is 115 Å². The molecule has 1 heterocycles. The molecule has 0 saturated carbocycles. The second-order valence-electron chi connectivity index (χ2n) is 4.72. The van der Waals surface area contributed by atoms with E-state index in [9.17, 15) is 19.8 Å². The highest BCUT2D eigenvalue weighted by Gasteiger charge is 2.20. The molecule has 3 N–H and O–H groups in total. The van der Waals surface area contributed by atoms with Crippen LogP contribution in [-0.4, -0.2) is 63.7 Å². The molecule has 0 atom stereocenters. The third-order valence-corrected chi connectivity index (χ3v) is 3.35. The highest BCUT2D eigenvalue weighted by atomic mass is 16.4. The van der Waals surface area contributed by atoms with Gasteiger partial charge < -0.3 is 20.2 Å². The zero-order chi connectivity index (χ0) is 14.7. The van der Waals surface area contributed by atoms with Crippen molar-refractivity contribution >= 4 is 12.4 Å². The lowest BCUT2D eigenvalue weighted by Gasteiger charge is -2.32. The molecule has 1 fully saturated rings. The number of benzene rings is 1. The predicted molar refractivity (Wildman–Crippen MR) is 69.6 cm³/mol. The minimum atomic E-state index is -1.29. The van der Waals surface area contributed by atoms with Gasteiger partial charge in [-0.2, -0.15) is 0 Å². The molecule has 1 aromatic carbocycles. The van der Waals surface area contributed by atoms with E-state index in [2.05, 4.69) is 0 Å². The lowest BCUT2D eigenvalue weighted by molar-refractivity contribution is -0.119. The maximum Gasteiger partial charge on any atom is 0.339 e. The van der Waals surface area contributed by atoms with Crippen LogP contribution < -0.4 is 0 Å². The SMILES string of the molecule is O=CN1CCN(Cc2cc(O)cc(C(=O)O)c2O)CC1. The highest BCUT2D eigenvalue weighted by Crippen LogP contribution is 2.29. The van der Waals surface area contributed by atoms with E-state index in [0.717, 1.165) is 12.5 Å². The molecule has 1 saturated heterocycles. The van der Waals surface area contributed by atoms with E-state index in [1.807, 2.05) is 4.90 Å². The van der Waals surface area contributed by atoms with Gasteiger partial charge in [0, 0.05) is 38.3 Å². The van der Waals surface area contributed by atoms with Crippen molar-refractivity contribution in [3.63, 3.8) is 0 Å². The van der Waals surface area contributed by atoms with Gasteiger partial charge in [-0.15, -0.1) is 0 Å². The molecule has 108 valence electrons. The van der Waals surface area contributed by atoms with Gasteiger partial charge in [0.05, 0.1) is 0 Å². The van der Waals surface area contributed by atoms with Gasteiger partial charge in [0.1, 0.15) is 17.1 Å². The van der Waals surface area contributed by atoms with E-state index in [1.54, 1.807) is 4.90 Å². The third kappa shape index (κ3) is 3.00. The number of aromatic hydroxyl groups is 2. The minimum Gasteiger partial charge on any atom is -0.508 e. The maximum absolute atomic E-state index is 11.0. The first-order chi connectivity index (χ1) is 9.51. The van der Waals surface area contributed by atoms with Crippen molar-refractivity contribution < 1.29 is 24.9 Å². The average molecular weight is 280 g/mol. The number of carboxylic acid groups (broad SMARTS) is 1. The molecule has 0 unspecified atom stereocenters. The molecule has 0 bridgehead atoms. The van der Waals surface area contributed by atoms with Crippen molar-refractivity contribution in [1.29, 1.82) is 0 Å². The molecule has 1 aliphatic heterocycles. The van der Waals surface area contributed by atoms with Gasteiger partial charge in [-0.3, -0.25) is 9.69 Å². The number of nitrogens with zero attached hydrogens (tertiary/aromatic N) is 2. The van der Waals surface area contributed by atoms with Crippen LogP contribution >= 0.6 is 0 Å². The van der Waals surface area contributed by atoms with Crippen molar-refractivity contribution in [3.05, 3.63) is 23.3 Å². The Kier molecular flexibility index (Phi) is 4.09. The van der Waals surface area contributed by atoms with Crippen molar-refractivity contribution in [2.75, 3.05) is 26.2 Å². The summed E-state index contributed by atoms with van der Waals surface area (Å²) in [5.74, 6) is -1.81. The number of hydrogen-bond donors (Lipinski definition) is 3. The quantitative estimate of drug-likeness (QED) is 0.533. The summed E-state index contributed by atoms with van der Waals surface area (Å²) in [7, 11) is 0. The van der Waals surface area contributed by atoms with Gasteiger partial charge >= 0.3 is 5.97 Å². The number of carbonyl (C=O) groups is 2. The summed E-state index contributed by atoms with van der Waals surface area (Å²) in [6, 6.07) is 2.37. The Hall–Kier alpha value is -2.28. The van der Waals surface area contributed by atoms with Gasteiger partial charge in [-0.25, -0.2) is 4.79 Å². The second-order valence-corrected chi connectivity index (χ2v) is 4.72. The summed E-state index contributed by atoms with van der Waals surface area (Å²) < 4.78 is 0. The summed E-state index contributed by atoms with van der Waals surface area (Å²) in [5.41, 5.74) is 0.0495. The topological polar surface area (TPSA) is 101 Å². The molecule has 0 aromatic heterocycles. The normalized spacial score (nSPS) is 16.1. The van der Waals surface area contributed by atoms with Crippen LogP contribution in [0.25, 0.3) is 0 Å². The van der Waals surface area contributed by atoms with E-state index >= 15 is 0 Å². The fourth-order valence-electron chi connectivity index (χ4n) is 2.23. The van der Waals surface area contributed by atoms with Crippen LogP contribution in [-0.2, 0) is 11.3 Å². The van der Waals surface area contributed by atoms with Crippen LogP contribution in [0.15, 0.2) is 12.1 Å². The molecule has 20 heavy (non-hydrogen) atoms. The Balaban J connectivity index is 2.14. The Morgan fingerprint density at radius 2 is 1.85 bits per heavy atom. The molecule has 0 radical (unpaired) electrons. The number of carbonyl (C=O) groups excluding carboxylic acids is 1. The van der Waals surface area contributed by atoms with Gasteiger partial charge in [0.25, 0.3) is 0 Å². The number of phenols is 2. The Morgan fingerprint density at radius 3 is 2.40 bits per heavy atom. The van der Waals surface area contributed by atoms with Crippen LogP contribution in [0.4, 0.5) is 0 Å². The molecule has 1 aromatic rings. The molecule has 0 spiro atoms. The Morgan fingerprint density at radius 1 is 1.20 bits per heavy atom. The highest BCUT2D eigenvalue weighted by molar-refractivity contribution is 5.91. The summed E-state index contributed by atoms with van der Waals surface area (Å²) >= 11 is 0. The molecular weight excluding hydrogens is 264 g/mol. The van der Waals surface area contributed by atoms with Gasteiger partial charge in [-0.1, -0.05) is 0 Å². The van der Waals surface area contributed by atoms with E-state index in [4.69, 9.17) is 5.11 Å². The monoisotopic (exact) mass is 280 g/mol. The fraction of sp³-hybridized carbons (Fsp3) is 0.385. The zero-order valence-corrected chi connectivity index (χ0v) is 10.8. The van der Waals surface area contributed by atoms with E-state index < -0.39 is 5.97 Å². The van der Waals surface area contributed by atoms with Gasteiger partial charge in [-0.05, 0) is 12.1 Å². The van der Waals surface area contributed by atoms with Crippen molar-refractivity contribution in [3.8, 4) is 11.5 Å². The van der Waals surface area contributed by atoms with E-state index in [-0.39, 0.29) is 17.1 Å². The third-order valence-electron chi connectivity index (χ3n) is 3.35. The molecule has 1 amide bonds. The first-order valence-electron chi connectivity index (χ1n) is 6.21. The van der Waals surface area contributed by atoms with Crippen molar-refractivity contribution in [2.24, 2.45) is 0 Å².